The molecule has 0 radical (unpaired) electrons. The summed E-state index contributed by atoms with van der Waals surface area (Å²) in [4.78, 5) is 41.2. The number of rotatable bonds is 4. The van der Waals surface area contributed by atoms with Crippen LogP contribution in [0.1, 0.15) is 44.6 Å². The van der Waals surface area contributed by atoms with Crippen LogP contribution < -0.4 is 20.5 Å². The van der Waals surface area contributed by atoms with Gasteiger partial charge in [0.1, 0.15) is 29.1 Å². The van der Waals surface area contributed by atoms with Crippen molar-refractivity contribution in [3.05, 3.63) is 62.3 Å². The fraction of sp³-hybridized carbons (Fsp3) is 0.409. The molecule has 1 spiro atoms. The minimum atomic E-state index is -1.34. The van der Waals surface area contributed by atoms with Crippen LogP contribution in [0.3, 0.4) is 0 Å². The number of methoxy groups -OCH3 is 1. The zero-order valence-electron chi connectivity index (χ0n) is 18.7. The molecule has 1 aromatic carbocycles. The molecule has 1 fully saturated rings. The monoisotopic (exact) mass is 494 g/mol. The lowest BCUT2D eigenvalue weighted by Crippen LogP contribution is -2.69. The minimum absolute atomic E-state index is 0.0535. The van der Waals surface area contributed by atoms with E-state index in [-0.39, 0.29) is 24.5 Å². The Morgan fingerprint density at radius 1 is 1.29 bits per heavy atom. The molecule has 2 aromatic rings. The zero-order chi connectivity index (χ0) is 25.2. The van der Waals surface area contributed by atoms with E-state index >= 15 is 0 Å². The Kier molecular flexibility index (Phi) is 5.29. The van der Waals surface area contributed by atoms with Gasteiger partial charge < -0.3 is 24.8 Å². The first-order valence-corrected chi connectivity index (χ1v) is 10.7. The average Bonchev–Trinajstić information content (AvgIpc) is 3.41. The lowest BCUT2D eigenvalue weighted by Gasteiger charge is -2.50. The maximum atomic E-state index is 14.0. The van der Waals surface area contributed by atoms with Gasteiger partial charge in [-0.25, -0.2) is 17.8 Å². The van der Waals surface area contributed by atoms with E-state index in [1.165, 1.54) is 9.58 Å². The molecule has 35 heavy (non-hydrogen) atoms. The molecule has 1 saturated heterocycles. The summed E-state index contributed by atoms with van der Waals surface area (Å²) in [5, 5.41) is 14.8. The molecule has 1 aromatic heterocycles. The van der Waals surface area contributed by atoms with Gasteiger partial charge in [-0.2, -0.15) is 0 Å². The topological polar surface area (TPSA) is 113 Å². The lowest BCUT2D eigenvalue weighted by molar-refractivity contribution is 0.0310. The number of fused-ring (bicyclic) bond motifs is 1. The molecule has 10 nitrogen and oxygen atoms in total. The van der Waals surface area contributed by atoms with Gasteiger partial charge >= 0.3 is 0 Å². The van der Waals surface area contributed by atoms with Gasteiger partial charge in [-0.05, 0) is 0 Å². The van der Waals surface area contributed by atoms with E-state index in [2.05, 4.69) is 5.32 Å². The summed E-state index contributed by atoms with van der Waals surface area (Å²) in [6.45, 7) is -0.255. The fourth-order valence-corrected chi connectivity index (χ4v) is 5.03. The van der Waals surface area contributed by atoms with Crippen LogP contribution in [-0.4, -0.2) is 66.1 Å². The van der Waals surface area contributed by atoms with Gasteiger partial charge in [0.2, 0.25) is 5.43 Å². The highest BCUT2D eigenvalue weighted by Crippen LogP contribution is 2.42. The summed E-state index contributed by atoms with van der Waals surface area (Å²) in [7, 11) is 2.72. The van der Waals surface area contributed by atoms with E-state index in [9.17, 15) is 32.7 Å². The Morgan fingerprint density at radius 3 is 2.57 bits per heavy atom. The summed E-state index contributed by atoms with van der Waals surface area (Å²) in [5.74, 6) is -5.57. The largest absolute Gasteiger partial charge is 0.491 e. The molecule has 0 saturated carbocycles. The van der Waals surface area contributed by atoms with E-state index in [0.29, 0.717) is 25.2 Å². The van der Waals surface area contributed by atoms with Crippen LogP contribution in [-0.2, 0) is 11.3 Å². The number of carbonyl (C=O) groups excluding carboxylic acids is 2. The van der Waals surface area contributed by atoms with Crippen LogP contribution in [0.5, 0.6) is 5.75 Å². The van der Waals surface area contributed by atoms with E-state index in [4.69, 9.17) is 9.47 Å². The summed E-state index contributed by atoms with van der Waals surface area (Å²) in [6.07, 6.45) is -0.927. The second-order valence-corrected chi connectivity index (χ2v) is 8.56. The Balaban J connectivity index is 1.63. The summed E-state index contributed by atoms with van der Waals surface area (Å²) in [5.41, 5.74) is -3.36. The predicted molar refractivity (Wildman–Crippen MR) is 113 cm³/mol. The van der Waals surface area contributed by atoms with Crippen molar-refractivity contribution in [2.24, 2.45) is 0 Å². The molecule has 5 rings (SSSR count). The Labute approximate surface area is 196 Å². The van der Waals surface area contributed by atoms with Crippen LogP contribution in [0, 0.1) is 17.5 Å². The molecule has 0 aliphatic carbocycles. The normalized spacial score (nSPS) is 22.7. The molecule has 2 N–H and O–H groups in total. The van der Waals surface area contributed by atoms with Gasteiger partial charge in [0.15, 0.2) is 17.1 Å². The quantitative estimate of drug-likeness (QED) is 0.633. The number of hydrogen-bond acceptors (Lipinski definition) is 7. The molecule has 2 atom stereocenters. The number of ether oxygens (including phenoxy) is 2. The van der Waals surface area contributed by atoms with Crippen LogP contribution in [0.4, 0.5) is 13.2 Å². The standard InChI is InChI=1S/C22H21F3N4O6/c1-27-21(33)17-19(34-2)18(31)15(20(32)26-7-11-12(24)5-10(23)6-13(11)25)16-14(30)8-28(29(16)17)22(27)3-4-35-9-22/h5-6,14,30H,3-4,7-9H2,1-2H3,(H,26,32). The number of aromatic nitrogens is 1. The molecule has 2 amide bonds. The Hall–Kier alpha value is -3.58. The van der Waals surface area contributed by atoms with Crippen molar-refractivity contribution in [3.8, 4) is 5.75 Å². The van der Waals surface area contributed by atoms with Crippen molar-refractivity contribution in [1.29, 1.82) is 0 Å². The third-order valence-electron chi connectivity index (χ3n) is 6.80. The van der Waals surface area contributed by atoms with E-state index < -0.39 is 69.9 Å². The lowest BCUT2D eigenvalue weighted by atomic mass is 10.0. The third kappa shape index (κ3) is 3.14. The third-order valence-corrected chi connectivity index (χ3v) is 6.80. The highest BCUT2D eigenvalue weighted by Gasteiger charge is 2.56. The van der Waals surface area contributed by atoms with Crippen molar-refractivity contribution >= 4 is 11.8 Å². The average molecular weight is 494 g/mol. The van der Waals surface area contributed by atoms with E-state index in [1.807, 2.05) is 0 Å². The smallest absolute Gasteiger partial charge is 0.278 e. The number of pyridine rings is 1. The van der Waals surface area contributed by atoms with Gasteiger partial charge in [-0.1, -0.05) is 0 Å². The van der Waals surface area contributed by atoms with Crippen molar-refractivity contribution < 1.29 is 37.3 Å². The number of halogens is 3. The molecular weight excluding hydrogens is 473 g/mol. The molecule has 4 heterocycles. The van der Waals surface area contributed by atoms with Crippen LogP contribution in [0.25, 0.3) is 0 Å². The molecule has 3 aliphatic heterocycles. The molecule has 3 aliphatic rings. The first-order chi connectivity index (χ1) is 16.6. The van der Waals surface area contributed by atoms with Crippen molar-refractivity contribution in [1.82, 2.24) is 14.9 Å². The Morgan fingerprint density at radius 2 is 1.97 bits per heavy atom. The number of aliphatic hydroxyl groups is 1. The predicted octanol–water partition coefficient (Wildman–Crippen LogP) is 0.391. The maximum Gasteiger partial charge on any atom is 0.278 e. The van der Waals surface area contributed by atoms with Crippen molar-refractivity contribution in [3.63, 3.8) is 0 Å². The SMILES string of the molecule is COc1c2n3c(c(C(=O)NCc4c(F)cc(F)cc4F)c1=O)C(O)CN3C1(CCOC1)N(C)C2=O. The zero-order valence-corrected chi connectivity index (χ0v) is 18.7. The maximum absolute atomic E-state index is 14.0. The molecule has 2 unspecified atom stereocenters. The van der Waals surface area contributed by atoms with Gasteiger partial charge in [0.05, 0.1) is 32.6 Å². The number of carbonyl (C=O) groups is 2. The summed E-state index contributed by atoms with van der Waals surface area (Å²) >= 11 is 0. The molecule has 0 bridgehead atoms. The number of amides is 2. The summed E-state index contributed by atoms with van der Waals surface area (Å²) in [6, 6.07) is 0.932. The molecular formula is C22H21F3N4O6. The van der Waals surface area contributed by atoms with E-state index in [1.54, 1.807) is 12.1 Å². The molecule has 13 heteroatoms. The first kappa shape index (κ1) is 23.2. The highest BCUT2D eigenvalue weighted by molar-refractivity contribution is 6.01. The van der Waals surface area contributed by atoms with Crippen molar-refractivity contribution in [2.45, 2.75) is 24.7 Å². The summed E-state index contributed by atoms with van der Waals surface area (Å²) < 4.78 is 53.3. The van der Waals surface area contributed by atoms with Gasteiger partial charge in [0.25, 0.3) is 11.8 Å². The van der Waals surface area contributed by atoms with Crippen LogP contribution in [0.2, 0.25) is 0 Å². The number of benzene rings is 1. The van der Waals surface area contributed by atoms with Crippen molar-refractivity contribution in [2.75, 3.05) is 38.9 Å². The van der Waals surface area contributed by atoms with Crippen LogP contribution >= 0.6 is 0 Å². The van der Waals surface area contributed by atoms with Gasteiger partial charge in [-0.3, -0.25) is 19.4 Å². The number of nitrogens with zero attached hydrogens (tertiary/aromatic N) is 3. The second-order valence-electron chi connectivity index (χ2n) is 8.56. The van der Waals surface area contributed by atoms with E-state index in [0.717, 1.165) is 7.11 Å². The van der Waals surface area contributed by atoms with Gasteiger partial charge in [0, 0.05) is 37.7 Å². The minimum Gasteiger partial charge on any atom is -0.491 e. The van der Waals surface area contributed by atoms with Crippen LogP contribution in [0.15, 0.2) is 16.9 Å². The number of nitrogens with one attached hydrogen (secondary N) is 1. The first-order valence-electron chi connectivity index (χ1n) is 10.7. The Bertz CT molecular complexity index is 1300. The molecule has 186 valence electrons. The second kappa shape index (κ2) is 7.99. The highest BCUT2D eigenvalue weighted by atomic mass is 19.1. The van der Waals surface area contributed by atoms with Gasteiger partial charge in [-0.15, -0.1) is 0 Å². The number of aliphatic hydroxyl groups excluding tert-OH is 1. The number of likely N-dealkylation sites (N-methyl/N-ethyl adjacent to an activating group) is 1. The fourth-order valence-electron chi connectivity index (χ4n) is 5.03. The number of hydrogen-bond donors (Lipinski definition) is 2.